The Morgan fingerprint density at radius 1 is 1.53 bits per heavy atom. The maximum Gasteiger partial charge on any atom is 0.0806 e. The van der Waals surface area contributed by atoms with E-state index in [-0.39, 0.29) is 0 Å². The summed E-state index contributed by atoms with van der Waals surface area (Å²) in [7, 11) is 1.93. The van der Waals surface area contributed by atoms with E-state index in [0.29, 0.717) is 11.8 Å². The predicted octanol–water partition coefficient (Wildman–Crippen LogP) is 2.91. The van der Waals surface area contributed by atoms with Crippen LogP contribution in [0.25, 0.3) is 0 Å². The Morgan fingerprint density at radius 2 is 2.27 bits per heavy atom. The minimum absolute atomic E-state index is 0.420. The molecule has 0 N–H and O–H groups in total. The molecule has 0 aliphatic rings. The van der Waals surface area contributed by atoms with Crippen molar-refractivity contribution in [1.29, 1.82) is 0 Å². The van der Waals surface area contributed by atoms with Gasteiger partial charge in [-0.2, -0.15) is 5.10 Å². The van der Waals surface area contributed by atoms with Gasteiger partial charge in [0.25, 0.3) is 0 Å². The smallest absolute Gasteiger partial charge is 0.0806 e. The van der Waals surface area contributed by atoms with Gasteiger partial charge >= 0.3 is 0 Å². The zero-order valence-electron chi connectivity index (χ0n) is 9.55. The summed E-state index contributed by atoms with van der Waals surface area (Å²) in [4.78, 5) is 0. The summed E-state index contributed by atoms with van der Waals surface area (Å²) >= 11 is 5.58. The highest BCUT2D eigenvalue weighted by Crippen LogP contribution is 2.15. The van der Waals surface area contributed by atoms with E-state index in [9.17, 15) is 0 Å². The van der Waals surface area contributed by atoms with Gasteiger partial charge in [0.2, 0.25) is 0 Å². The molecule has 0 aliphatic heterocycles. The monoisotopic (exact) mass is 224 g/mol. The molecule has 0 atom stereocenters. The fourth-order valence-electron chi connectivity index (χ4n) is 1.34. The van der Waals surface area contributed by atoms with E-state index in [2.05, 4.69) is 30.8 Å². The largest absolute Gasteiger partial charge is 0.274 e. The van der Waals surface area contributed by atoms with Crippen molar-refractivity contribution in [2.45, 2.75) is 32.6 Å². The quantitative estimate of drug-likeness (QED) is 0.439. The lowest BCUT2D eigenvalue weighted by Gasteiger charge is -1.98. The molecule has 15 heavy (non-hydrogen) atoms. The molecule has 0 aromatic carbocycles. The maximum absolute atomic E-state index is 5.58. The van der Waals surface area contributed by atoms with E-state index >= 15 is 0 Å². The fourth-order valence-corrected chi connectivity index (χ4v) is 1.47. The van der Waals surface area contributed by atoms with Gasteiger partial charge in [0.1, 0.15) is 0 Å². The molecule has 0 saturated carbocycles. The second kappa shape index (κ2) is 5.82. The van der Waals surface area contributed by atoms with Crippen LogP contribution in [0.2, 0.25) is 0 Å². The summed E-state index contributed by atoms with van der Waals surface area (Å²) in [5, 5.41) is 4.40. The summed E-state index contributed by atoms with van der Waals surface area (Å²) in [5.41, 5.74) is 2.12. The normalized spacial score (nSPS) is 10.2. The van der Waals surface area contributed by atoms with Crippen molar-refractivity contribution < 1.29 is 0 Å². The highest BCUT2D eigenvalue weighted by molar-refractivity contribution is 6.17. The zero-order valence-corrected chi connectivity index (χ0v) is 10.3. The van der Waals surface area contributed by atoms with Crippen molar-refractivity contribution in [3.8, 4) is 11.8 Å². The van der Waals surface area contributed by atoms with Gasteiger partial charge in [0, 0.05) is 25.5 Å². The number of hydrogen-bond donors (Lipinski definition) is 0. The number of aryl methyl sites for hydroxylation is 1. The number of unbranched alkanes of at least 4 members (excludes halogenated alkanes) is 1. The number of nitrogens with zero attached hydrogens (tertiary/aromatic N) is 2. The van der Waals surface area contributed by atoms with Crippen LogP contribution in [0.15, 0.2) is 6.20 Å². The topological polar surface area (TPSA) is 17.8 Å². The van der Waals surface area contributed by atoms with E-state index < -0.39 is 0 Å². The first-order chi connectivity index (χ1) is 7.15. The van der Waals surface area contributed by atoms with Gasteiger partial charge in [0.05, 0.1) is 11.3 Å². The lowest BCUT2D eigenvalue weighted by Crippen LogP contribution is -1.93. The van der Waals surface area contributed by atoms with Gasteiger partial charge in [0.15, 0.2) is 0 Å². The summed E-state index contributed by atoms with van der Waals surface area (Å²) in [6.07, 6.45) is 3.78. The van der Waals surface area contributed by atoms with Crippen molar-refractivity contribution in [3.63, 3.8) is 0 Å². The highest BCUT2D eigenvalue weighted by atomic mass is 35.5. The Bertz CT molecular complexity index is 369. The van der Waals surface area contributed by atoms with Crippen molar-refractivity contribution in [3.05, 3.63) is 17.5 Å². The maximum atomic E-state index is 5.58. The molecule has 1 rings (SSSR count). The third kappa shape index (κ3) is 3.60. The molecule has 0 aliphatic carbocycles. The Labute approximate surface area is 96.6 Å². The van der Waals surface area contributed by atoms with E-state index in [1.807, 2.05) is 17.9 Å². The standard InChI is InChI=1S/C12H17ClN2/c1-10(2)12-11(9-15(3)14-12)7-5-4-6-8-13/h9-10H,4,6,8H2,1-3H3. The van der Waals surface area contributed by atoms with E-state index in [1.165, 1.54) is 0 Å². The SMILES string of the molecule is CC(C)c1nn(C)cc1C#CCCCCl. The molecule has 0 spiro atoms. The Morgan fingerprint density at radius 3 is 2.87 bits per heavy atom. The molecule has 0 saturated heterocycles. The first kappa shape index (κ1) is 12.1. The molecule has 3 heteroatoms. The molecule has 0 radical (unpaired) electrons. The molecular formula is C12H17ClN2. The summed E-state index contributed by atoms with van der Waals surface area (Å²) in [5.74, 6) is 7.38. The van der Waals surface area contributed by atoms with Crippen LogP contribution < -0.4 is 0 Å². The Hall–Kier alpha value is -0.940. The van der Waals surface area contributed by atoms with Crippen molar-refractivity contribution >= 4 is 11.6 Å². The molecule has 2 nitrogen and oxygen atoms in total. The van der Waals surface area contributed by atoms with Gasteiger partial charge in [-0.25, -0.2) is 0 Å². The number of halogens is 1. The number of hydrogen-bond acceptors (Lipinski definition) is 1. The van der Waals surface area contributed by atoms with E-state index in [0.717, 1.165) is 24.1 Å². The molecule has 1 heterocycles. The zero-order chi connectivity index (χ0) is 11.3. The van der Waals surface area contributed by atoms with Gasteiger partial charge < -0.3 is 0 Å². The van der Waals surface area contributed by atoms with Crippen LogP contribution in [0.4, 0.5) is 0 Å². The van der Waals surface area contributed by atoms with Crippen LogP contribution >= 0.6 is 11.6 Å². The Balaban J connectivity index is 2.78. The predicted molar refractivity (Wildman–Crippen MR) is 64.1 cm³/mol. The van der Waals surface area contributed by atoms with Crippen molar-refractivity contribution in [2.24, 2.45) is 7.05 Å². The van der Waals surface area contributed by atoms with Crippen LogP contribution in [-0.4, -0.2) is 15.7 Å². The fraction of sp³-hybridized carbons (Fsp3) is 0.583. The summed E-state index contributed by atoms with van der Waals surface area (Å²) in [6, 6.07) is 0. The summed E-state index contributed by atoms with van der Waals surface area (Å²) in [6.45, 7) is 4.26. The lowest BCUT2D eigenvalue weighted by atomic mass is 10.1. The van der Waals surface area contributed by atoms with Gasteiger partial charge in [-0.1, -0.05) is 25.7 Å². The lowest BCUT2D eigenvalue weighted by molar-refractivity contribution is 0.713. The third-order valence-electron chi connectivity index (χ3n) is 2.06. The van der Waals surface area contributed by atoms with Crippen molar-refractivity contribution in [2.75, 3.05) is 5.88 Å². The van der Waals surface area contributed by atoms with Gasteiger partial charge in [-0.3, -0.25) is 4.68 Å². The molecule has 82 valence electrons. The molecule has 1 aromatic rings. The molecular weight excluding hydrogens is 208 g/mol. The van der Waals surface area contributed by atoms with E-state index in [1.54, 1.807) is 0 Å². The number of alkyl halides is 1. The van der Waals surface area contributed by atoms with Crippen molar-refractivity contribution in [1.82, 2.24) is 9.78 Å². The molecule has 1 aromatic heterocycles. The third-order valence-corrected chi connectivity index (χ3v) is 2.33. The average Bonchev–Trinajstić information content (AvgIpc) is 2.55. The highest BCUT2D eigenvalue weighted by Gasteiger charge is 2.08. The second-order valence-electron chi connectivity index (χ2n) is 3.85. The van der Waals surface area contributed by atoms with Gasteiger partial charge in [-0.15, -0.1) is 11.6 Å². The van der Waals surface area contributed by atoms with Crippen LogP contribution in [0.3, 0.4) is 0 Å². The number of rotatable bonds is 3. The molecule has 0 bridgehead atoms. The van der Waals surface area contributed by atoms with Crippen LogP contribution in [0.5, 0.6) is 0 Å². The average molecular weight is 225 g/mol. The van der Waals surface area contributed by atoms with Crippen LogP contribution in [0.1, 0.15) is 43.9 Å². The number of aromatic nitrogens is 2. The molecule has 0 fully saturated rings. The second-order valence-corrected chi connectivity index (χ2v) is 4.23. The molecule has 0 amide bonds. The minimum atomic E-state index is 0.420. The van der Waals surface area contributed by atoms with Crippen LogP contribution in [0, 0.1) is 11.8 Å². The van der Waals surface area contributed by atoms with Gasteiger partial charge in [-0.05, 0) is 12.3 Å². The van der Waals surface area contributed by atoms with Crippen LogP contribution in [-0.2, 0) is 7.05 Å². The summed E-state index contributed by atoms with van der Waals surface area (Å²) < 4.78 is 1.82. The molecule has 0 unspecified atom stereocenters. The Kier molecular flexibility index (Phi) is 4.71. The van der Waals surface area contributed by atoms with E-state index in [4.69, 9.17) is 11.6 Å². The minimum Gasteiger partial charge on any atom is -0.274 e. The first-order valence-corrected chi connectivity index (χ1v) is 5.77. The first-order valence-electron chi connectivity index (χ1n) is 5.23.